The predicted octanol–water partition coefficient (Wildman–Crippen LogP) is 3.15. The maximum Gasteiger partial charge on any atom is 0.263 e. The summed E-state index contributed by atoms with van der Waals surface area (Å²) >= 11 is 5.88. The summed E-state index contributed by atoms with van der Waals surface area (Å²) < 4.78 is 26.8. The van der Waals surface area contributed by atoms with Crippen LogP contribution in [0.15, 0.2) is 41.4 Å². The molecule has 100 valence electrons. The fourth-order valence-corrected chi connectivity index (χ4v) is 2.87. The molecule has 4 nitrogen and oxygen atoms in total. The highest BCUT2D eigenvalue weighted by atomic mass is 35.5. The fourth-order valence-electron chi connectivity index (χ4n) is 1.53. The number of benzene rings is 1. The van der Waals surface area contributed by atoms with Gasteiger partial charge in [0.05, 0.1) is 9.92 Å². The van der Waals surface area contributed by atoms with E-state index >= 15 is 0 Å². The minimum atomic E-state index is -3.67. The molecule has 0 atom stereocenters. The maximum absolute atomic E-state index is 12.2. The van der Waals surface area contributed by atoms with Gasteiger partial charge in [0.15, 0.2) is 5.82 Å². The zero-order chi connectivity index (χ0) is 14.0. The van der Waals surface area contributed by atoms with E-state index in [2.05, 4.69) is 9.71 Å². The molecule has 0 aliphatic carbocycles. The summed E-state index contributed by atoms with van der Waals surface area (Å²) in [4.78, 5) is 4.10. The molecule has 1 heterocycles. The summed E-state index contributed by atoms with van der Waals surface area (Å²) in [5.74, 6) is 0.127. The van der Waals surface area contributed by atoms with E-state index in [0.717, 1.165) is 11.1 Å². The smallest absolute Gasteiger partial charge is 0.262 e. The Kier molecular flexibility index (Phi) is 3.78. The van der Waals surface area contributed by atoms with E-state index in [0.29, 0.717) is 0 Å². The second-order valence-corrected chi connectivity index (χ2v) is 6.27. The van der Waals surface area contributed by atoms with Crippen LogP contribution in [0.2, 0.25) is 5.02 Å². The van der Waals surface area contributed by atoms with Gasteiger partial charge >= 0.3 is 0 Å². The monoisotopic (exact) mass is 296 g/mol. The number of rotatable bonds is 3. The third-order valence-electron chi connectivity index (χ3n) is 2.78. The molecule has 6 heteroatoms. The van der Waals surface area contributed by atoms with Gasteiger partial charge in [0.25, 0.3) is 10.0 Å². The molecular weight excluding hydrogens is 284 g/mol. The minimum absolute atomic E-state index is 0.127. The van der Waals surface area contributed by atoms with Crippen LogP contribution in [0.25, 0.3) is 0 Å². The average Bonchev–Trinajstić information content (AvgIpc) is 2.35. The van der Waals surface area contributed by atoms with E-state index in [9.17, 15) is 8.42 Å². The summed E-state index contributed by atoms with van der Waals surface area (Å²) in [6.07, 6.45) is 1.48. The number of halogens is 1. The zero-order valence-electron chi connectivity index (χ0n) is 10.5. The number of aryl methyl sites for hydroxylation is 2. The van der Waals surface area contributed by atoms with Crippen molar-refractivity contribution in [2.24, 2.45) is 0 Å². The highest BCUT2D eigenvalue weighted by molar-refractivity contribution is 7.92. The summed E-state index contributed by atoms with van der Waals surface area (Å²) in [5.41, 5.74) is 1.95. The number of aromatic nitrogens is 1. The second-order valence-electron chi connectivity index (χ2n) is 4.19. The van der Waals surface area contributed by atoms with Crippen LogP contribution in [0.4, 0.5) is 5.82 Å². The first-order valence-electron chi connectivity index (χ1n) is 5.61. The van der Waals surface area contributed by atoms with Gasteiger partial charge in [-0.1, -0.05) is 17.7 Å². The van der Waals surface area contributed by atoms with E-state index in [1.165, 1.54) is 6.20 Å². The lowest BCUT2D eigenvalue weighted by molar-refractivity contribution is 0.601. The summed E-state index contributed by atoms with van der Waals surface area (Å²) in [5, 5.41) is 0.259. The lowest BCUT2D eigenvalue weighted by atomic mass is 10.1. The third-order valence-corrected chi connectivity index (χ3v) is 4.42. The van der Waals surface area contributed by atoms with Gasteiger partial charge in [-0.2, -0.15) is 0 Å². The Balaban J connectivity index is 2.38. The molecule has 1 aromatic carbocycles. The molecule has 1 N–H and O–H groups in total. The molecule has 2 rings (SSSR count). The van der Waals surface area contributed by atoms with Crippen molar-refractivity contribution in [1.82, 2.24) is 4.98 Å². The zero-order valence-corrected chi connectivity index (χ0v) is 12.1. The molecule has 0 radical (unpaired) electrons. The standard InChI is InChI=1S/C13H13ClN2O2S/c1-9-5-6-11(8-10(9)2)19(17,18)16-13-12(14)4-3-7-15-13/h3-8H,1-2H3,(H,15,16). The van der Waals surface area contributed by atoms with E-state index in [4.69, 9.17) is 11.6 Å². The van der Waals surface area contributed by atoms with Crippen LogP contribution in [-0.2, 0) is 10.0 Å². The average molecular weight is 297 g/mol. The maximum atomic E-state index is 12.2. The number of anilines is 1. The summed E-state index contributed by atoms with van der Waals surface area (Å²) in [7, 11) is -3.67. The van der Waals surface area contributed by atoms with Gasteiger partial charge in [-0.3, -0.25) is 4.72 Å². The Morgan fingerprint density at radius 3 is 2.53 bits per heavy atom. The molecule has 0 unspecified atom stereocenters. The quantitative estimate of drug-likeness (QED) is 0.946. The predicted molar refractivity (Wildman–Crippen MR) is 76.0 cm³/mol. The third kappa shape index (κ3) is 3.05. The Morgan fingerprint density at radius 1 is 1.16 bits per heavy atom. The first-order chi connectivity index (χ1) is 8.90. The van der Waals surface area contributed by atoms with Crippen molar-refractivity contribution < 1.29 is 8.42 Å². The Hall–Kier alpha value is -1.59. The summed E-state index contributed by atoms with van der Waals surface area (Å²) in [6, 6.07) is 8.16. The number of pyridine rings is 1. The van der Waals surface area contributed by atoms with Gasteiger partial charge in [-0.25, -0.2) is 13.4 Å². The van der Waals surface area contributed by atoms with Crippen molar-refractivity contribution >= 4 is 27.4 Å². The van der Waals surface area contributed by atoms with E-state index in [1.807, 2.05) is 13.8 Å². The number of hydrogen-bond acceptors (Lipinski definition) is 3. The first kappa shape index (κ1) is 13.8. The van der Waals surface area contributed by atoms with Gasteiger partial charge in [-0.05, 0) is 49.2 Å². The van der Waals surface area contributed by atoms with Gasteiger partial charge in [0, 0.05) is 6.20 Å². The molecule has 0 amide bonds. The molecule has 0 bridgehead atoms. The fraction of sp³-hybridized carbons (Fsp3) is 0.154. The van der Waals surface area contributed by atoms with Crippen LogP contribution in [-0.4, -0.2) is 13.4 Å². The Bertz CT molecular complexity index is 714. The molecule has 0 aliphatic rings. The van der Waals surface area contributed by atoms with Crippen LogP contribution >= 0.6 is 11.6 Å². The van der Waals surface area contributed by atoms with Gasteiger partial charge in [0.1, 0.15) is 0 Å². The van der Waals surface area contributed by atoms with Crippen LogP contribution in [0, 0.1) is 13.8 Å². The van der Waals surface area contributed by atoms with Crippen LogP contribution < -0.4 is 4.72 Å². The van der Waals surface area contributed by atoms with Crippen LogP contribution in [0.3, 0.4) is 0 Å². The molecule has 0 saturated heterocycles. The van der Waals surface area contributed by atoms with Crippen molar-refractivity contribution in [3.05, 3.63) is 52.7 Å². The highest BCUT2D eigenvalue weighted by Crippen LogP contribution is 2.22. The molecule has 0 aliphatic heterocycles. The highest BCUT2D eigenvalue weighted by Gasteiger charge is 2.16. The first-order valence-corrected chi connectivity index (χ1v) is 7.47. The van der Waals surface area contributed by atoms with E-state index in [1.54, 1.807) is 30.3 Å². The molecule has 0 spiro atoms. The normalized spacial score (nSPS) is 11.3. The number of nitrogens with zero attached hydrogens (tertiary/aromatic N) is 1. The Morgan fingerprint density at radius 2 is 1.89 bits per heavy atom. The Labute approximate surface area is 117 Å². The number of hydrogen-bond donors (Lipinski definition) is 1. The van der Waals surface area contributed by atoms with Crippen molar-refractivity contribution in [3.8, 4) is 0 Å². The molecule has 1 aromatic heterocycles. The number of nitrogens with one attached hydrogen (secondary N) is 1. The van der Waals surface area contributed by atoms with Crippen molar-refractivity contribution in [3.63, 3.8) is 0 Å². The second kappa shape index (κ2) is 5.19. The van der Waals surface area contributed by atoms with Crippen molar-refractivity contribution in [2.75, 3.05) is 4.72 Å². The largest absolute Gasteiger partial charge is 0.263 e. The lowest BCUT2D eigenvalue weighted by Gasteiger charge is -2.09. The summed E-state index contributed by atoms with van der Waals surface area (Å²) in [6.45, 7) is 3.79. The van der Waals surface area contributed by atoms with Gasteiger partial charge in [0.2, 0.25) is 0 Å². The molecular formula is C13H13ClN2O2S. The molecule has 2 aromatic rings. The van der Waals surface area contributed by atoms with Crippen LogP contribution in [0.5, 0.6) is 0 Å². The van der Waals surface area contributed by atoms with Gasteiger partial charge in [-0.15, -0.1) is 0 Å². The topological polar surface area (TPSA) is 59.1 Å². The molecule has 0 fully saturated rings. The van der Waals surface area contributed by atoms with E-state index in [-0.39, 0.29) is 15.7 Å². The lowest BCUT2D eigenvalue weighted by Crippen LogP contribution is -2.14. The molecule has 0 saturated carbocycles. The van der Waals surface area contributed by atoms with E-state index < -0.39 is 10.0 Å². The van der Waals surface area contributed by atoms with Gasteiger partial charge < -0.3 is 0 Å². The van der Waals surface area contributed by atoms with Crippen molar-refractivity contribution in [1.29, 1.82) is 0 Å². The minimum Gasteiger partial charge on any atom is -0.262 e. The molecule has 19 heavy (non-hydrogen) atoms. The SMILES string of the molecule is Cc1ccc(S(=O)(=O)Nc2ncccc2Cl)cc1C. The van der Waals surface area contributed by atoms with Crippen molar-refractivity contribution in [2.45, 2.75) is 18.7 Å². The number of sulfonamides is 1. The van der Waals surface area contributed by atoms with Crippen LogP contribution in [0.1, 0.15) is 11.1 Å².